The van der Waals surface area contributed by atoms with Crippen LogP contribution >= 0.6 is 11.6 Å². The predicted molar refractivity (Wildman–Crippen MR) is 58.1 cm³/mol. The van der Waals surface area contributed by atoms with Gasteiger partial charge in [0.25, 0.3) is 0 Å². The molecule has 0 aromatic heterocycles. The number of ketones is 1. The monoisotopic (exact) mass is 228 g/mol. The van der Waals surface area contributed by atoms with Crippen LogP contribution < -0.4 is 0 Å². The number of carbonyl (C=O) groups excluding carboxylic acids is 1. The summed E-state index contributed by atoms with van der Waals surface area (Å²) in [4.78, 5) is 11.6. The molecule has 15 heavy (non-hydrogen) atoms. The number of aliphatic hydroxyl groups is 1. The number of Topliss-reactive ketones (excluding diaryl/α,β-unsaturated/α-hetero) is 1. The summed E-state index contributed by atoms with van der Waals surface area (Å²) in [6.07, 6.45) is -0.754. The summed E-state index contributed by atoms with van der Waals surface area (Å²) in [5.74, 6) is -0.284. The number of hydrogen-bond acceptors (Lipinski definition) is 3. The van der Waals surface area contributed by atoms with Crippen molar-refractivity contribution in [3.63, 3.8) is 0 Å². The zero-order valence-electron chi connectivity index (χ0n) is 8.23. The molecule has 1 N–H and O–H groups in total. The van der Waals surface area contributed by atoms with Crippen LogP contribution in [-0.2, 0) is 4.74 Å². The van der Waals surface area contributed by atoms with E-state index in [-0.39, 0.29) is 24.9 Å². The molecule has 0 saturated heterocycles. The maximum Gasteiger partial charge on any atom is 0.191 e. The number of rotatable bonds is 6. The van der Waals surface area contributed by atoms with Gasteiger partial charge in [-0.2, -0.15) is 0 Å². The molecule has 0 saturated carbocycles. The van der Waals surface area contributed by atoms with E-state index in [4.69, 9.17) is 16.3 Å². The van der Waals surface area contributed by atoms with E-state index >= 15 is 0 Å². The average Bonchev–Trinajstić information content (AvgIpc) is 2.29. The summed E-state index contributed by atoms with van der Waals surface area (Å²) in [6.45, 7) is 0.281. The molecule has 1 atom stereocenters. The first-order valence-electron chi connectivity index (χ1n) is 4.66. The molecule has 0 spiro atoms. The van der Waals surface area contributed by atoms with Crippen molar-refractivity contribution in [3.05, 3.63) is 35.9 Å². The van der Waals surface area contributed by atoms with Crippen molar-refractivity contribution in [3.8, 4) is 0 Å². The third-order valence-electron chi connectivity index (χ3n) is 1.97. The van der Waals surface area contributed by atoms with Gasteiger partial charge in [0.1, 0.15) is 12.2 Å². The quantitative estimate of drug-likeness (QED) is 0.459. The van der Waals surface area contributed by atoms with Crippen molar-refractivity contribution in [2.24, 2.45) is 0 Å². The van der Waals surface area contributed by atoms with E-state index in [1.165, 1.54) is 0 Å². The van der Waals surface area contributed by atoms with E-state index in [2.05, 4.69) is 0 Å². The summed E-state index contributed by atoms with van der Waals surface area (Å²) in [5.41, 5.74) is 0.510. The van der Waals surface area contributed by atoms with Crippen LogP contribution in [0.1, 0.15) is 16.8 Å². The van der Waals surface area contributed by atoms with Crippen LogP contribution in [0.5, 0.6) is 0 Å². The summed E-state index contributed by atoms with van der Waals surface area (Å²) < 4.78 is 4.84. The van der Waals surface area contributed by atoms with Gasteiger partial charge in [0.2, 0.25) is 0 Å². The van der Waals surface area contributed by atoms with Gasteiger partial charge in [-0.15, -0.1) is 0 Å². The van der Waals surface area contributed by atoms with Gasteiger partial charge in [-0.1, -0.05) is 41.9 Å². The summed E-state index contributed by atoms with van der Waals surface area (Å²) in [6, 6.07) is 8.76. The molecule has 82 valence electrons. The molecule has 1 aromatic carbocycles. The first kappa shape index (κ1) is 12.2. The van der Waals surface area contributed by atoms with Crippen LogP contribution in [0.3, 0.4) is 0 Å². The third-order valence-corrected chi connectivity index (χ3v) is 2.13. The van der Waals surface area contributed by atoms with Crippen LogP contribution in [0.4, 0.5) is 0 Å². The van der Waals surface area contributed by atoms with Crippen LogP contribution in [0.2, 0.25) is 0 Å². The van der Waals surface area contributed by atoms with E-state index in [0.717, 1.165) is 0 Å². The van der Waals surface area contributed by atoms with E-state index in [1.54, 1.807) is 24.3 Å². The second kappa shape index (κ2) is 6.56. The fourth-order valence-electron chi connectivity index (χ4n) is 1.18. The van der Waals surface area contributed by atoms with Crippen LogP contribution in [0, 0.1) is 0 Å². The van der Waals surface area contributed by atoms with Crippen molar-refractivity contribution in [2.75, 3.05) is 12.7 Å². The Bertz CT molecular complexity index is 300. The van der Waals surface area contributed by atoms with Crippen LogP contribution in [0.15, 0.2) is 30.3 Å². The van der Waals surface area contributed by atoms with Gasteiger partial charge >= 0.3 is 0 Å². The lowest BCUT2D eigenvalue weighted by atomic mass is 10.0. The molecule has 0 aliphatic heterocycles. The van der Waals surface area contributed by atoms with Crippen molar-refractivity contribution >= 4 is 17.4 Å². The number of carbonyl (C=O) groups is 1. The van der Waals surface area contributed by atoms with Gasteiger partial charge in [0.05, 0.1) is 6.61 Å². The molecule has 1 unspecified atom stereocenters. The lowest BCUT2D eigenvalue weighted by Gasteiger charge is -2.08. The number of halogens is 1. The maximum atomic E-state index is 11.6. The Morgan fingerprint density at radius 3 is 2.67 bits per heavy atom. The molecular weight excluding hydrogens is 216 g/mol. The molecule has 1 aromatic rings. The topological polar surface area (TPSA) is 46.5 Å². The minimum Gasteiger partial charge on any atom is -0.385 e. The number of aliphatic hydroxyl groups excluding tert-OH is 1. The first-order chi connectivity index (χ1) is 7.25. The first-order valence-corrected chi connectivity index (χ1v) is 5.20. The highest BCUT2D eigenvalue weighted by Crippen LogP contribution is 2.06. The number of alkyl halides is 1. The van der Waals surface area contributed by atoms with Crippen molar-refractivity contribution in [2.45, 2.75) is 12.5 Å². The molecular formula is C11H13ClO3. The molecule has 3 nitrogen and oxygen atoms in total. The molecule has 0 aliphatic carbocycles. The Balaban J connectivity index is 2.46. The molecule has 0 heterocycles. The predicted octanol–water partition coefficient (Wildman–Crippen LogP) is 1.83. The van der Waals surface area contributed by atoms with E-state index in [9.17, 15) is 9.90 Å². The Morgan fingerprint density at radius 2 is 2.07 bits per heavy atom. The molecule has 0 radical (unpaired) electrons. The number of hydrogen-bond donors (Lipinski definition) is 1. The number of ether oxygens (including phenoxy) is 1. The van der Waals surface area contributed by atoms with E-state index in [0.29, 0.717) is 5.56 Å². The third kappa shape index (κ3) is 4.00. The highest BCUT2D eigenvalue weighted by molar-refractivity contribution is 6.17. The smallest absolute Gasteiger partial charge is 0.191 e. The summed E-state index contributed by atoms with van der Waals surface area (Å²) >= 11 is 5.29. The van der Waals surface area contributed by atoms with Crippen LogP contribution in [0.25, 0.3) is 0 Å². The highest BCUT2D eigenvalue weighted by Gasteiger charge is 2.16. The maximum absolute atomic E-state index is 11.6. The standard InChI is InChI=1S/C11H13ClO3/c12-8-15-7-6-10(13)11(14)9-4-2-1-3-5-9/h1-5,10,13H,6-8H2. The summed E-state index contributed by atoms with van der Waals surface area (Å²) in [7, 11) is 0. The average molecular weight is 229 g/mol. The highest BCUT2D eigenvalue weighted by atomic mass is 35.5. The Hall–Kier alpha value is -0.900. The molecule has 0 aliphatic rings. The van der Waals surface area contributed by atoms with Crippen molar-refractivity contribution in [1.82, 2.24) is 0 Å². The minimum atomic E-state index is -1.02. The van der Waals surface area contributed by atoms with Gasteiger partial charge in [-0.05, 0) is 0 Å². The normalized spacial score (nSPS) is 12.4. The van der Waals surface area contributed by atoms with Gasteiger partial charge in [-0.25, -0.2) is 0 Å². The van der Waals surface area contributed by atoms with Crippen LogP contribution in [-0.4, -0.2) is 29.7 Å². The zero-order valence-corrected chi connectivity index (χ0v) is 8.98. The lowest BCUT2D eigenvalue weighted by Crippen LogP contribution is -2.22. The molecule has 4 heteroatoms. The molecule has 1 rings (SSSR count). The second-order valence-electron chi connectivity index (χ2n) is 3.05. The second-order valence-corrected chi connectivity index (χ2v) is 3.27. The van der Waals surface area contributed by atoms with Gasteiger partial charge in [0.15, 0.2) is 5.78 Å². The van der Waals surface area contributed by atoms with Gasteiger partial charge < -0.3 is 9.84 Å². The zero-order chi connectivity index (χ0) is 11.1. The van der Waals surface area contributed by atoms with E-state index in [1.807, 2.05) is 6.07 Å². The fraction of sp³-hybridized carbons (Fsp3) is 0.364. The largest absolute Gasteiger partial charge is 0.385 e. The Morgan fingerprint density at radius 1 is 1.40 bits per heavy atom. The molecule has 0 amide bonds. The Kier molecular flexibility index (Phi) is 5.32. The van der Waals surface area contributed by atoms with Crippen molar-refractivity contribution in [1.29, 1.82) is 0 Å². The van der Waals surface area contributed by atoms with Gasteiger partial charge in [0, 0.05) is 12.0 Å². The lowest BCUT2D eigenvalue weighted by molar-refractivity contribution is 0.0637. The fourth-order valence-corrected chi connectivity index (χ4v) is 1.28. The van der Waals surface area contributed by atoms with E-state index < -0.39 is 6.10 Å². The minimum absolute atomic E-state index is 0.0756. The SMILES string of the molecule is O=C(c1ccccc1)C(O)CCOCCl. The molecule has 0 bridgehead atoms. The van der Waals surface area contributed by atoms with Gasteiger partial charge in [-0.3, -0.25) is 4.79 Å². The van der Waals surface area contributed by atoms with Crippen molar-refractivity contribution < 1.29 is 14.6 Å². The summed E-state index contributed by atoms with van der Waals surface area (Å²) in [5, 5.41) is 9.53. The Labute approximate surface area is 93.6 Å². The molecule has 0 fully saturated rings. The number of benzene rings is 1.